The summed E-state index contributed by atoms with van der Waals surface area (Å²) < 4.78 is 5.49. The molecule has 0 aliphatic heterocycles. The van der Waals surface area contributed by atoms with Crippen molar-refractivity contribution in [3.63, 3.8) is 0 Å². The molecule has 2 N–H and O–H groups in total. The second-order valence-electron chi connectivity index (χ2n) is 8.07. The number of carboxylic acid groups (broad SMARTS) is 1. The third-order valence-electron chi connectivity index (χ3n) is 6.09. The molecule has 0 bridgehead atoms. The minimum absolute atomic E-state index is 0.0616. The van der Waals surface area contributed by atoms with Crippen molar-refractivity contribution in [1.82, 2.24) is 5.32 Å². The molecule has 1 aliphatic carbocycles. The lowest BCUT2D eigenvalue weighted by Crippen LogP contribution is -2.41. The van der Waals surface area contributed by atoms with Crippen molar-refractivity contribution in [1.29, 1.82) is 0 Å². The monoisotopic (exact) mass is 429 g/mol. The summed E-state index contributed by atoms with van der Waals surface area (Å²) in [5.74, 6) is -1.13. The first kappa shape index (κ1) is 21.6. The summed E-state index contributed by atoms with van der Waals surface area (Å²) in [7, 11) is 0. The minimum atomic E-state index is -1.07. The number of hydrogen-bond acceptors (Lipinski definition) is 3. The lowest BCUT2D eigenvalue weighted by molar-refractivity contribution is -0.139. The fourth-order valence-electron chi connectivity index (χ4n) is 4.29. The fraction of sp³-hybridized carbons (Fsp3) is 0.259. The number of hydrogen-bond donors (Lipinski definition) is 2. The second-order valence-corrected chi connectivity index (χ2v) is 8.07. The van der Waals surface area contributed by atoms with E-state index in [1.165, 1.54) is 5.56 Å². The highest BCUT2D eigenvalue weighted by atomic mass is 16.5. The molecule has 0 unspecified atom stereocenters. The number of carbonyl (C=O) groups excluding carboxylic acids is 1. The predicted octanol–water partition coefficient (Wildman–Crippen LogP) is 5.17. The summed E-state index contributed by atoms with van der Waals surface area (Å²) in [6.45, 7) is 2.25. The summed E-state index contributed by atoms with van der Waals surface area (Å²) in [4.78, 5) is 24.1. The molecule has 0 saturated carbocycles. The predicted molar refractivity (Wildman–Crippen MR) is 124 cm³/mol. The van der Waals surface area contributed by atoms with Crippen LogP contribution in [-0.4, -0.2) is 29.8 Å². The Hall–Kier alpha value is -3.60. The number of fused-ring (bicyclic) bond motifs is 3. The molecule has 5 heteroatoms. The van der Waals surface area contributed by atoms with Crippen LogP contribution in [-0.2, 0) is 22.4 Å². The van der Waals surface area contributed by atoms with E-state index in [4.69, 9.17) is 4.74 Å². The van der Waals surface area contributed by atoms with Gasteiger partial charge in [0.25, 0.3) is 0 Å². The summed E-state index contributed by atoms with van der Waals surface area (Å²) in [6, 6.07) is 23.3. The van der Waals surface area contributed by atoms with Gasteiger partial charge in [-0.2, -0.15) is 0 Å². The van der Waals surface area contributed by atoms with Gasteiger partial charge in [-0.15, -0.1) is 0 Å². The van der Waals surface area contributed by atoms with E-state index in [1.54, 1.807) is 0 Å². The van der Waals surface area contributed by atoms with Gasteiger partial charge in [0.05, 0.1) is 0 Å². The maximum atomic E-state index is 12.4. The van der Waals surface area contributed by atoms with E-state index in [9.17, 15) is 14.7 Å². The summed E-state index contributed by atoms with van der Waals surface area (Å²) in [6.07, 6.45) is 1.11. The molecular weight excluding hydrogens is 402 g/mol. The van der Waals surface area contributed by atoms with E-state index in [0.717, 1.165) is 34.2 Å². The number of carboxylic acids is 1. The molecule has 1 aliphatic rings. The van der Waals surface area contributed by atoms with Crippen LogP contribution < -0.4 is 5.32 Å². The Morgan fingerprint density at radius 1 is 0.906 bits per heavy atom. The minimum Gasteiger partial charge on any atom is -0.480 e. The standard InChI is InChI=1S/C27H27NO4/c1-2-18-11-13-19(14-12-18)15-16-25(26(29)30)28-27(31)32-17-24-22-9-5-3-7-20(22)21-8-4-6-10-23(21)24/h3-14,24-25H,2,15-17H2,1H3,(H,28,31)(H,29,30)/t25-/m1/s1. The van der Waals surface area contributed by atoms with Gasteiger partial charge in [0.2, 0.25) is 0 Å². The molecule has 4 rings (SSSR count). The molecule has 0 fully saturated rings. The average Bonchev–Trinajstić information content (AvgIpc) is 3.14. The Balaban J connectivity index is 1.36. The zero-order chi connectivity index (χ0) is 22.5. The van der Waals surface area contributed by atoms with Crippen LogP contribution in [0.5, 0.6) is 0 Å². The lowest BCUT2D eigenvalue weighted by atomic mass is 9.98. The Labute approximate surface area is 188 Å². The van der Waals surface area contributed by atoms with E-state index in [1.807, 2.05) is 60.7 Å². The Kier molecular flexibility index (Phi) is 6.55. The number of alkyl carbamates (subject to hydrolysis) is 1. The topological polar surface area (TPSA) is 75.6 Å². The first-order chi connectivity index (χ1) is 15.6. The summed E-state index contributed by atoms with van der Waals surface area (Å²) in [5, 5.41) is 12.1. The highest BCUT2D eigenvalue weighted by molar-refractivity contribution is 5.81. The largest absolute Gasteiger partial charge is 0.480 e. The van der Waals surface area contributed by atoms with Crippen molar-refractivity contribution in [2.45, 2.75) is 38.1 Å². The van der Waals surface area contributed by atoms with Crippen molar-refractivity contribution < 1.29 is 19.4 Å². The van der Waals surface area contributed by atoms with Crippen LogP contribution in [0.3, 0.4) is 0 Å². The molecule has 3 aromatic rings. The maximum absolute atomic E-state index is 12.4. The number of carbonyl (C=O) groups is 2. The molecule has 3 aromatic carbocycles. The summed E-state index contributed by atoms with van der Waals surface area (Å²) in [5.41, 5.74) is 6.81. The quantitative estimate of drug-likeness (QED) is 0.518. The molecule has 32 heavy (non-hydrogen) atoms. The highest BCUT2D eigenvalue weighted by Gasteiger charge is 2.29. The third kappa shape index (κ3) is 4.67. The second kappa shape index (κ2) is 9.69. The van der Waals surface area contributed by atoms with Gasteiger partial charge in [-0.1, -0.05) is 79.7 Å². The lowest BCUT2D eigenvalue weighted by Gasteiger charge is -2.17. The number of aliphatic carboxylic acids is 1. The van der Waals surface area contributed by atoms with Crippen LogP contribution in [0.15, 0.2) is 72.8 Å². The fourth-order valence-corrected chi connectivity index (χ4v) is 4.29. The van der Waals surface area contributed by atoms with Crippen molar-refractivity contribution in [2.75, 3.05) is 6.61 Å². The van der Waals surface area contributed by atoms with Crippen molar-refractivity contribution in [3.8, 4) is 11.1 Å². The number of amides is 1. The van der Waals surface area contributed by atoms with Gasteiger partial charge in [0, 0.05) is 5.92 Å². The molecule has 0 saturated heterocycles. The average molecular weight is 430 g/mol. The smallest absolute Gasteiger partial charge is 0.407 e. The van der Waals surface area contributed by atoms with Gasteiger partial charge in [0.15, 0.2) is 0 Å². The van der Waals surface area contributed by atoms with E-state index in [2.05, 4.69) is 24.4 Å². The van der Waals surface area contributed by atoms with Gasteiger partial charge < -0.3 is 15.2 Å². The molecule has 164 valence electrons. The molecule has 1 amide bonds. The van der Waals surface area contributed by atoms with Gasteiger partial charge in [-0.05, 0) is 52.6 Å². The number of aryl methyl sites for hydroxylation is 2. The van der Waals surface area contributed by atoms with Crippen LogP contribution >= 0.6 is 0 Å². The van der Waals surface area contributed by atoms with Gasteiger partial charge in [-0.25, -0.2) is 9.59 Å². The number of benzene rings is 3. The third-order valence-corrected chi connectivity index (χ3v) is 6.09. The number of nitrogens with one attached hydrogen (secondary N) is 1. The molecule has 0 radical (unpaired) electrons. The zero-order valence-corrected chi connectivity index (χ0v) is 18.1. The number of ether oxygens (including phenoxy) is 1. The normalized spacial score (nSPS) is 13.2. The van der Waals surface area contributed by atoms with Crippen LogP contribution in [0.4, 0.5) is 4.79 Å². The first-order valence-electron chi connectivity index (χ1n) is 11.0. The SMILES string of the molecule is CCc1ccc(CC[C@@H](NC(=O)OCC2c3ccccc3-c3ccccc32)C(=O)O)cc1. The van der Waals surface area contributed by atoms with Crippen molar-refractivity contribution in [3.05, 3.63) is 95.1 Å². The van der Waals surface area contributed by atoms with Crippen LogP contribution in [0.2, 0.25) is 0 Å². The molecule has 0 aromatic heterocycles. The molecule has 1 atom stereocenters. The van der Waals surface area contributed by atoms with E-state index in [-0.39, 0.29) is 12.5 Å². The van der Waals surface area contributed by atoms with Gasteiger partial charge >= 0.3 is 12.1 Å². The van der Waals surface area contributed by atoms with Crippen molar-refractivity contribution in [2.24, 2.45) is 0 Å². The van der Waals surface area contributed by atoms with Crippen LogP contribution in [0.25, 0.3) is 11.1 Å². The maximum Gasteiger partial charge on any atom is 0.407 e. The Morgan fingerprint density at radius 3 is 2.03 bits per heavy atom. The van der Waals surface area contributed by atoms with Gasteiger partial charge in [-0.3, -0.25) is 0 Å². The Morgan fingerprint density at radius 2 is 1.47 bits per heavy atom. The van der Waals surface area contributed by atoms with E-state index in [0.29, 0.717) is 12.8 Å². The first-order valence-corrected chi connectivity index (χ1v) is 11.0. The van der Waals surface area contributed by atoms with E-state index >= 15 is 0 Å². The molecule has 5 nitrogen and oxygen atoms in total. The zero-order valence-electron chi connectivity index (χ0n) is 18.1. The Bertz CT molecular complexity index is 1060. The van der Waals surface area contributed by atoms with Crippen LogP contribution in [0, 0.1) is 0 Å². The van der Waals surface area contributed by atoms with E-state index < -0.39 is 18.1 Å². The number of rotatable bonds is 8. The molecule has 0 heterocycles. The highest BCUT2D eigenvalue weighted by Crippen LogP contribution is 2.44. The molecular formula is C27H27NO4. The van der Waals surface area contributed by atoms with Crippen molar-refractivity contribution >= 4 is 12.1 Å². The molecule has 0 spiro atoms. The van der Waals surface area contributed by atoms with Gasteiger partial charge in [0.1, 0.15) is 12.6 Å². The van der Waals surface area contributed by atoms with Crippen LogP contribution in [0.1, 0.15) is 41.5 Å². The summed E-state index contributed by atoms with van der Waals surface area (Å²) >= 11 is 0.